The van der Waals surface area contributed by atoms with E-state index in [4.69, 9.17) is 17.7 Å². The van der Waals surface area contributed by atoms with Gasteiger partial charge in [-0.2, -0.15) is 0 Å². The second-order valence-electron chi connectivity index (χ2n) is 5.27. The summed E-state index contributed by atoms with van der Waals surface area (Å²) in [5, 5.41) is 2.14. The van der Waals surface area contributed by atoms with Crippen molar-refractivity contribution in [1.82, 2.24) is 0 Å². The maximum atomic E-state index is 5.97. The van der Waals surface area contributed by atoms with Crippen LogP contribution >= 0.6 is 31.9 Å². The number of hydrogen-bond acceptors (Lipinski definition) is 4. The Labute approximate surface area is 160 Å². The monoisotopic (exact) mass is 476 g/mol. The minimum Gasteiger partial charge on any atom is -0.351 e. The van der Waals surface area contributed by atoms with E-state index in [0.29, 0.717) is 26.4 Å². The van der Waals surface area contributed by atoms with Crippen LogP contribution in [0, 0.1) is 0 Å². The molecule has 0 spiro atoms. The van der Waals surface area contributed by atoms with Crippen molar-refractivity contribution < 1.29 is 17.7 Å². The van der Waals surface area contributed by atoms with Gasteiger partial charge < -0.3 is 17.7 Å². The van der Waals surface area contributed by atoms with E-state index in [-0.39, 0.29) is 0 Å². The van der Waals surface area contributed by atoms with Crippen molar-refractivity contribution in [3.8, 4) is 0 Å². The minimum absolute atomic E-state index is 0.555. The molecule has 0 aromatic carbocycles. The van der Waals surface area contributed by atoms with Gasteiger partial charge in [-0.15, -0.1) is 0 Å². The van der Waals surface area contributed by atoms with Gasteiger partial charge in [0.25, 0.3) is 0 Å². The Balaban J connectivity index is 4.11. The van der Waals surface area contributed by atoms with E-state index >= 15 is 0 Å². The summed E-state index contributed by atoms with van der Waals surface area (Å²) in [5.41, 5.74) is 0. The molecule has 0 aliphatic heterocycles. The third-order valence-corrected chi connectivity index (χ3v) is 6.78. The van der Waals surface area contributed by atoms with Crippen molar-refractivity contribution in [2.24, 2.45) is 0 Å². The van der Waals surface area contributed by atoms with Crippen molar-refractivity contribution in [1.29, 1.82) is 0 Å². The largest absolute Gasteiger partial charge is 0.679 e. The zero-order valence-electron chi connectivity index (χ0n) is 14.8. The summed E-state index contributed by atoms with van der Waals surface area (Å²) in [6.45, 7) is 6.33. The fourth-order valence-electron chi connectivity index (χ4n) is 2.10. The Morgan fingerprint density at radius 1 is 0.565 bits per heavy atom. The van der Waals surface area contributed by atoms with Crippen LogP contribution in [-0.2, 0) is 17.7 Å². The van der Waals surface area contributed by atoms with Crippen molar-refractivity contribution in [2.45, 2.75) is 65.2 Å². The standard InChI is InChI=1S/C16H34Br2O4Si/c1-3-19-23(20-4-2,21-15-11-7-5-9-13-17)22-16-12-8-6-10-14-18/h3-16H2,1-2H3. The number of halogens is 2. The number of alkyl halides is 2. The summed E-state index contributed by atoms with van der Waals surface area (Å²) < 4.78 is 23.5. The molecule has 0 atom stereocenters. The highest BCUT2D eigenvalue weighted by molar-refractivity contribution is 9.09. The van der Waals surface area contributed by atoms with Crippen LogP contribution in [0.15, 0.2) is 0 Å². The predicted molar refractivity (Wildman–Crippen MR) is 105 cm³/mol. The van der Waals surface area contributed by atoms with Gasteiger partial charge in [-0.1, -0.05) is 57.5 Å². The van der Waals surface area contributed by atoms with E-state index in [2.05, 4.69) is 31.9 Å². The Hall–Kier alpha value is 1.02. The third-order valence-electron chi connectivity index (χ3n) is 3.26. The molecule has 0 aromatic heterocycles. The summed E-state index contributed by atoms with van der Waals surface area (Å²) in [7, 11) is -2.95. The molecule has 0 aliphatic rings. The van der Waals surface area contributed by atoms with Crippen LogP contribution in [-0.4, -0.2) is 46.1 Å². The summed E-state index contributed by atoms with van der Waals surface area (Å²) in [6, 6.07) is 0. The van der Waals surface area contributed by atoms with Gasteiger partial charge in [-0.05, 0) is 39.5 Å². The molecule has 0 saturated carbocycles. The number of rotatable bonds is 18. The quantitative estimate of drug-likeness (QED) is 0.149. The molecule has 7 heteroatoms. The van der Waals surface area contributed by atoms with Crippen LogP contribution in [0.25, 0.3) is 0 Å². The van der Waals surface area contributed by atoms with Crippen molar-refractivity contribution in [2.75, 3.05) is 37.1 Å². The van der Waals surface area contributed by atoms with Crippen molar-refractivity contribution in [3.63, 3.8) is 0 Å². The highest BCUT2D eigenvalue weighted by Crippen LogP contribution is 2.15. The summed E-state index contributed by atoms with van der Waals surface area (Å²) >= 11 is 6.91. The molecule has 0 aromatic rings. The summed E-state index contributed by atoms with van der Waals surface area (Å²) in [5.74, 6) is 0. The zero-order valence-corrected chi connectivity index (χ0v) is 19.0. The average Bonchev–Trinajstić information content (AvgIpc) is 2.54. The lowest BCUT2D eigenvalue weighted by atomic mass is 10.2. The first kappa shape index (κ1) is 24.0. The van der Waals surface area contributed by atoms with Gasteiger partial charge in [-0.3, -0.25) is 0 Å². The average molecular weight is 478 g/mol. The second kappa shape index (κ2) is 17.8. The minimum atomic E-state index is -2.95. The van der Waals surface area contributed by atoms with E-state index in [9.17, 15) is 0 Å². The van der Waals surface area contributed by atoms with E-state index in [1.807, 2.05) is 13.8 Å². The van der Waals surface area contributed by atoms with E-state index < -0.39 is 9.05 Å². The number of hydrogen-bond donors (Lipinski definition) is 0. The van der Waals surface area contributed by atoms with E-state index in [0.717, 1.165) is 23.5 Å². The van der Waals surface area contributed by atoms with Crippen LogP contribution in [0.3, 0.4) is 0 Å². The molecule has 0 aliphatic carbocycles. The van der Waals surface area contributed by atoms with Gasteiger partial charge in [0.05, 0.1) is 0 Å². The molecule has 23 heavy (non-hydrogen) atoms. The molecule has 4 nitrogen and oxygen atoms in total. The van der Waals surface area contributed by atoms with E-state index in [1.165, 1.54) is 38.5 Å². The Morgan fingerprint density at radius 2 is 0.957 bits per heavy atom. The fourth-order valence-corrected chi connectivity index (χ4v) is 4.89. The first-order valence-electron chi connectivity index (χ1n) is 8.92. The molecule has 0 bridgehead atoms. The van der Waals surface area contributed by atoms with Gasteiger partial charge >= 0.3 is 9.05 Å². The molecular weight excluding hydrogens is 444 g/mol. The van der Waals surface area contributed by atoms with Crippen molar-refractivity contribution in [3.05, 3.63) is 0 Å². The van der Waals surface area contributed by atoms with Gasteiger partial charge in [0, 0.05) is 37.1 Å². The maximum Gasteiger partial charge on any atom is 0.679 e. The molecule has 0 heterocycles. The van der Waals surface area contributed by atoms with Gasteiger partial charge in [0.15, 0.2) is 0 Å². The molecule has 0 saturated heterocycles. The van der Waals surface area contributed by atoms with Crippen LogP contribution < -0.4 is 0 Å². The Bertz CT molecular complexity index is 224. The summed E-state index contributed by atoms with van der Waals surface area (Å²) in [4.78, 5) is 0. The van der Waals surface area contributed by atoms with Gasteiger partial charge in [-0.25, -0.2) is 0 Å². The van der Waals surface area contributed by atoms with Crippen LogP contribution in [0.4, 0.5) is 0 Å². The zero-order chi connectivity index (χ0) is 17.2. The highest BCUT2D eigenvalue weighted by Gasteiger charge is 2.44. The van der Waals surface area contributed by atoms with Crippen LogP contribution in [0.1, 0.15) is 65.2 Å². The molecule has 0 rings (SSSR count). The molecule has 0 N–H and O–H groups in total. The van der Waals surface area contributed by atoms with Gasteiger partial charge in [0.2, 0.25) is 0 Å². The number of unbranched alkanes of at least 4 members (excludes halogenated alkanes) is 6. The first-order valence-corrected chi connectivity index (χ1v) is 12.8. The van der Waals surface area contributed by atoms with E-state index in [1.54, 1.807) is 0 Å². The Morgan fingerprint density at radius 3 is 1.30 bits per heavy atom. The third kappa shape index (κ3) is 13.9. The molecule has 140 valence electrons. The smallest absolute Gasteiger partial charge is 0.351 e. The SMILES string of the molecule is CCO[Si](OCC)(OCCCCCCBr)OCCCCCCBr. The van der Waals surface area contributed by atoms with Crippen molar-refractivity contribution >= 4 is 40.9 Å². The lowest BCUT2D eigenvalue weighted by Crippen LogP contribution is -2.49. The molecular formula is C16H34Br2O4Si. The molecule has 0 unspecified atom stereocenters. The summed E-state index contributed by atoms with van der Waals surface area (Å²) in [6.07, 6.45) is 9.26. The normalized spacial score (nSPS) is 12.0. The Kier molecular flexibility index (Phi) is 18.6. The maximum absolute atomic E-state index is 5.97. The predicted octanol–water partition coefficient (Wildman–Crippen LogP) is 5.44. The van der Waals surface area contributed by atoms with Crippen LogP contribution in [0.2, 0.25) is 0 Å². The molecule has 0 amide bonds. The highest BCUT2D eigenvalue weighted by atomic mass is 79.9. The molecule has 0 radical (unpaired) electrons. The lowest BCUT2D eigenvalue weighted by molar-refractivity contribution is -0.0312. The molecule has 0 fully saturated rings. The van der Waals surface area contributed by atoms with Gasteiger partial charge in [0.1, 0.15) is 0 Å². The topological polar surface area (TPSA) is 36.9 Å². The lowest BCUT2D eigenvalue weighted by Gasteiger charge is -2.27. The first-order chi connectivity index (χ1) is 11.2. The fraction of sp³-hybridized carbons (Fsp3) is 1.00. The van der Waals surface area contributed by atoms with Crippen LogP contribution in [0.5, 0.6) is 0 Å². The second-order valence-corrected chi connectivity index (χ2v) is 9.01.